The van der Waals surface area contributed by atoms with Gasteiger partial charge >= 0.3 is 0 Å². The highest BCUT2D eigenvalue weighted by molar-refractivity contribution is 7.99. The number of benzene rings is 2. The monoisotopic (exact) mass is 371 g/mol. The van der Waals surface area contributed by atoms with Crippen molar-refractivity contribution < 1.29 is 14.5 Å². The molecule has 1 aromatic heterocycles. The number of carbonyl (C=O) groups is 1. The number of rotatable bonds is 7. The number of thioether (sulfide) groups is 1. The van der Waals surface area contributed by atoms with Crippen molar-refractivity contribution in [2.45, 2.75) is 5.16 Å². The highest BCUT2D eigenvalue weighted by Gasteiger charge is 2.16. The van der Waals surface area contributed by atoms with Gasteiger partial charge in [-0.15, -0.1) is 5.10 Å². The molecule has 3 aromatic rings. The van der Waals surface area contributed by atoms with Crippen LogP contribution in [-0.2, 0) is 0 Å². The number of ether oxygens (including phenoxy) is 1. The summed E-state index contributed by atoms with van der Waals surface area (Å²) in [5, 5.41) is 22.6. The lowest BCUT2D eigenvalue weighted by Gasteiger charge is -2.08. The largest absolute Gasteiger partial charge is 0.494 e. The molecule has 3 rings (SSSR count). The van der Waals surface area contributed by atoms with Gasteiger partial charge in [-0.25, -0.2) is 0 Å². The summed E-state index contributed by atoms with van der Waals surface area (Å²) in [4.78, 5) is 22.5. The second-order valence-corrected chi connectivity index (χ2v) is 6.00. The fraction of sp³-hybridized carbons (Fsp3) is 0.125. The van der Waals surface area contributed by atoms with E-state index in [2.05, 4.69) is 15.5 Å². The summed E-state index contributed by atoms with van der Waals surface area (Å²) < 4.78 is 6.79. The molecule has 0 fully saturated rings. The first kappa shape index (κ1) is 17.5. The number of non-ortho nitro benzene ring substituents is 1. The Hall–Kier alpha value is -3.27. The number of nitrogens with zero attached hydrogens (tertiary/aromatic N) is 5. The molecule has 1 heterocycles. The lowest BCUT2D eigenvalue weighted by Crippen LogP contribution is -2.06. The summed E-state index contributed by atoms with van der Waals surface area (Å²) in [5.41, 5.74) is 0.985. The minimum Gasteiger partial charge on any atom is -0.494 e. The summed E-state index contributed by atoms with van der Waals surface area (Å²) in [6.07, 6.45) is 0. The van der Waals surface area contributed by atoms with Gasteiger partial charge in [-0.1, -0.05) is 23.9 Å². The number of Topliss-reactive ketones (excluding diaryl/α,β-unsaturated/α-hetero) is 1. The molecule has 0 atom stereocenters. The third kappa shape index (κ3) is 3.70. The Balaban J connectivity index is 1.74. The van der Waals surface area contributed by atoms with Gasteiger partial charge in [0.05, 0.1) is 17.8 Å². The first-order valence-corrected chi connectivity index (χ1v) is 8.41. The molecule has 2 aromatic carbocycles. The van der Waals surface area contributed by atoms with E-state index < -0.39 is 4.92 Å². The van der Waals surface area contributed by atoms with Gasteiger partial charge in [-0.05, 0) is 34.7 Å². The van der Waals surface area contributed by atoms with E-state index in [0.717, 1.165) is 0 Å². The Bertz CT molecular complexity index is 942. The van der Waals surface area contributed by atoms with Gasteiger partial charge in [0.15, 0.2) is 5.78 Å². The summed E-state index contributed by atoms with van der Waals surface area (Å²) in [7, 11) is 1.55. The van der Waals surface area contributed by atoms with Crippen LogP contribution in [0.15, 0.2) is 53.7 Å². The molecule has 0 saturated heterocycles. The number of para-hydroxylation sites is 2. The van der Waals surface area contributed by atoms with Crippen LogP contribution >= 0.6 is 11.8 Å². The molecule has 0 unspecified atom stereocenters. The van der Waals surface area contributed by atoms with Crippen LogP contribution in [0.4, 0.5) is 5.69 Å². The van der Waals surface area contributed by atoms with Crippen molar-refractivity contribution in [2.24, 2.45) is 0 Å². The number of hydrogen-bond donors (Lipinski definition) is 0. The fourth-order valence-corrected chi connectivity index (χ4v) is 2.99. The number of aromatic nitrogens is 4. The fourth-order valence-electron chi connectivity index (χ4n) is 2.21. The molecule has 0 aliphatic heterocycles. The Kier molecular flexibility index (Phi) is 5.23. The molecule has 0 N–H and O–H groups in total. The summed E-state index contributed by atoms with van der Waals surface area (Å²) in [5.74, 6) is 0.510. The van der Waals surface area contributed by atoms with Crippen LogP contribution in [0.3, 0.4) is 0 Å². The van der Waals surface area contributed by atoms with Crippen LogP contribution in [0.1, 0.15) is 10.4 Å². The Morgan fingerprint density at radius 1 is 1.23 bits per heavy atom. The van der Waals surface area contributed by atoms with E-state index in [9.17, 15) is 14.9 Å². The van der Waals surface area contributed by atoms with Gasteiger partial charge in [-0.2, -0.15) is 4.68 Å². The number of nitro benzene ring substituents is 1. The van der Waals surface area contributed by atoms with E-state index in [1.54, 1.807) is 19.2 Å². The lowest BCUT2D eigenvalue weighted by molar-refractivity contribution is -0.384. The Labute approximate surface area is 152 Å². The zero-order valence-electron chi connectivity index (χ0n) is 13.6. The van der Waals surface area contributed by atoms with Gasteiger partial charge in [-0.3, -0.25) is 14.9 Å². The smallest absolute Gasteiger partial charge is 0.269 e. The van der Waals surface area contributed by atoms with Gasteiger partial charge < -0.3 is 4.74 Å². The first-order valence-electron chi connectivity index (χ1n) is 7.42. The van der Waals surface area contributed by atoms with Crippen LogP contribution in [-0.4, -0.2) is 43.8 Å². The van der Waals surface area contributed by atoms with Crippen LogP contribution in [0.5, 0.6) is 5.75 Å². The third-order valence-electron chi connectivity index (χ3n) is 3.49. The van der Waals surface area contributed by atoms with E-state index in [1.165, 1.54) is 40.7 Å². The number of hydrogen-bond acceptors (Lipinski definition) is 8. The zero-order valence-corrected chi connectivity index (χ0v) is 14.4. The minimum absolute atomic E-state index is 0.0608. The van der Waals surface area contributed by atoms with E-state index >= 15 is 0 Å². The number of ketones is 1. The number of carbonyl (C=O) groups excluding carboxylic acids is 1. The molecule has 0 amide bonds. The average Bonchev–Trinajstić information content (AvgIpc) is 3.14. The van der Waals surface area contributed by atoms with Gasteiger partial charge in [0.2, 0.25) is 5.16 Å². The maximum Gasteiger partial charge on any atom is 0.269 e. The van der Waals surface area contributed by atoms with Crippen molar-refractivity contribution in [1.82, 2.24) is 20.2 Å². The highest BCUT2D eigenvalue weighted by Crippen LogP contribution is 2.26. The Morgan fingerprint density at radius 2 is 1.96 bits per heavy atom. The molecular weight excluding hydrogens is 358 g/mol. The van der Waals surface area contributed by atoms with Crippen LogP contribution in [0.2, 0.25) is 0 Å². The van der Waals surface area contributed by atoms with E-state index in [4.69, 9.17) is 4.74 Å². The summed E-state index contributed by atoms with van der Waals surface area (Å²) in [6.45, 7) is 0. The van der Waals surface area contributed by atoms with Gasteiger partial charge in [0.25, 0.3) is 5.69 Å². The lowest BCUT2D eigenvalue weighted by atomic mass is 10.1. The Morgan fingerprint density at radius 3 is 2.65 bits per heavy atom. The third-order valence-corrected chi connectivity index (χ3v) is 4.41. The number of tetrazole rings is 1. The molecule has 26 heavy (non-hydrogen) atoms. The SMILES string of the molecule is COc1ccccc1-n1nnnc1SCC(=O)c1ccc([N+](=O)[O-])cc1. The quantitative estimate of drug-likeness (QED) is 0.269. The summed E-state index contributed by atoms with van der Waals surface area (Å²) in [6, 6.07) is 12.7. The topological polar surface area (TPSA) is 113 Å². The van der Waals surface area contributed by atoms with Crippen LogP contribution in [0.25, 0.3) is 5.69 Å². The molecule has 0 saturated carbocycles. The van der Waals surface area contributed by atoms with Crippen molar-refractivity contribution in [3.05, 3.63) is 64.2 Å². The van der Waals surface area contributed by atoms with Crippen LogP contribution < -0.4 is 4.74 Å². The van der Waals surface area contributed by atoms with Crippen molar-refractivity contribution in [1.29, 1.82) is 0 Å². The molecule has 10 heteroatoms. The van der Waals surface area contributed by atoms with Gasteiger partial charge in [0, 0.05) is 17.7 Å². The molecule has 0 radical (unpaired) electrons. The second-order valence-electron chi connectivity index (χ2n) is 5.06. The van der Waals surface area contributed by atoms with E-state index in [1.807, 2.05) is 12.1 Å². The first-order chi connectivity index (χ1) is 12.6. The normalized spacial score (nSPS) is 10.5. The molecule has 0 spiro atoms. The number of nitro groups is 1. The second kappa shape index (κ2) is 7.74. The van der Waals surface area contributed by atoms with Crippen molar-refractivity contribution in [3.63, 3.8) is 0 Å². The number of methoxy groups -OCH3 is 1. The molecule has 0 aliphatic rings. The standard InChI is InChI=1S/C16H13N5O4S/c1-25-15-5-3-2-4-13(15)20-16(17-18-19-20)26-10-14(22)11-6-8-12(9-7-11)21(23)24/h2-9H,10H2,1H3. The molecule has 9 nitrogen and oxygen atoms in total. The molecule has 0 aliphatic carbocycles. The molecular formula is C16H13N5O4S. The molecule has 0 bridgehead atoms. The highest BCUT2D eigenvalue weighted by atomic mass is 32.2. The summed E-state index contributed by atoms with van der Waals surface area (Å²) >= 11 is 1.17. The molecule has 132 valence electrons. The average molecular weight is 371 g/mol. The zero-order chi connectivity index (χ0) is 18.5. The predicted molar refractivity (Wildman–Crippen MR) is 93.9 cm³/mol. The van der Waals surface area contributed by atoms with E-state index in [0.29, 0.717) is 22.2 Å². The van der Waals surface area contributed by atoms with E-state index in [-0.39, 0.29) is 17.2 Å². The van der Waals surface area contributed by atoms with Crippen molar-refractivity contribution >= 4 is 23.2 Å². The van der Waals surface area contributed by atoms with Gasteiger partial charge in [0.1, 0.15) is 11.4 Å². The van der Waals surface area contributed by atoms with Crippen LogP contribution in [0, 0.1) is 10.1 Å². The maximum atomic E-state index is 12.3. The maximum absolute atomic E-state index is 12.3. The van der Waals surface area contributed by atoms with Crippen molar-refractivity contribution in [2.75, 3.05) is 12.9 Å². The predicted octanol–water partition coefficient (Wildman–Crippen LogP) is 2.55. The minimum atomic E-state index is -0.510. The van der Waals surface area contributed by atoms with Crippen molar-refractivity contribution in [3.8, 4) is 11.4 Å².